The molecule has 1 unspecified atom stereocenters. The van der Waals surface area contributed by atoms with Crippen molar-refractivity contribution in [2.24, 2.45) is 5.92 Å². The van der Waals surface area contributed by atoms with E-state index in [1.54, 1.807) is 12.1 Å². The molecular formula is C27H25F3N2O7. The van der Waals surface area contributed by atoms with Gasteiger partial charge in [0.05, 0.1) is 18.2 Å². The Morgan fingerprint density at radius 3 is 2.46 bits per heavy atom. The van der Waals surface area contributed by atoms with Gasteiger partial charge in [-0.05, 0) is 36.1 Å². The maximum absolute atomic E-state index is 13.9. The van der Waals surface area contributed by atoms with E-state index in [1.165, 1.54) is 11.8 Å². The zero-order valence-electron chi connectivity index (χ0n) is 20.8. The number of carboxylic acid groups (broad SMARTS) is 1. The fraction of sp³-hybridized carbons (Fsp3) is 0.370. The molecule has 0 spiro atoms. The van der Waals surface area contributed by atoms with Crippen molar-refractivity contribution >= 4 is 35.0 Å². The molecule has 0 saturated heterocycles. The highest BCUT2D eigenvalue weighted by Crippen LogP contribution is 2.40. The van der Waals surface area contributed by atoms with Gasteiger partial charge in [0.15, 0.2) is 29.0 Å². The topological polar surface area (TPSA) is 130 Å². The number of nitrogens with zero attached hydrogens (tertiary/aromatic N) is 1. The predicted molar refractivity (Wildman–Crippen MR) is 130 cm³/mol. The number of aliphatic carboxylic acids is 1. The summed E-state index contributed by atoms with van der Waals surface area (Å²) in [6.45, 7) is 0.264. The van der Waals surface area contributed by atoms with Gasteiger partial charge in [-0.15, -0.1) is 0 Å². The van der Waals surface area contributed by atoms with Crippen LogP contribution in [0.3, 0.4) is 0 Å². The van der Waals surface area contributed by atoms with Gasteiger partial charge >= 0.3 is 5.97 Å². The lowest BCUT2D eigenvalue weighted by molar-refractivity contribution is -0.142. The van der Waals surface area contributed by atoms with Crippen LogP contribution in [0.5, 0.6) is 5.75 Å². The van der Waals surface area contributed by atoms with Crippen LogP contribution in [0.15, 0.2) is 30.3 Å². The Labute approximate surface area is 220 Å². The van der Waals surface area contributed by atoms with Crippen molar-refractivity contribution in [2.45, 2.75) is 51.1 Å². The summed E-state index contributed by atoms with van der Waals surface area (Å²) in [5.74, 6) is -10.8. The maximum atomic E-state index is 13.9. The first-order chi connectivity index (χ1) is 18.5. The molecule has 0 fully saturated rings. The maximum Gasteiger partial charge on any atom is 0.304 e. The number of nitrogens with one attached hydrogen (secondary N) is 1. The molecule has 39 heavy (non-hydrogen) atoms. The molecule has 0 radical (unpaired) electrons. The van der Waals surface area contributed by atoms with Crippen molar-refractivity contribution in [3.63, 3.8) is 0 Å². The molecule has 2 aliphatic rings. The lowest BCUT2D eigenvalue weighted by Gasteiger charge is -2.28. The number of hydrogen-bond acceptors (Lipinski definition) is 6. The smallest absolute Gasteiger partial charge is 0.304 e. The number of benzene rings is 2. The first-order valence-corrected chi connectivity index (χ1v) is 12.2. The third-order valence-corrected chi connectivity index (χ3v) is 6.84. The number of ether oxygens (including phenoxy) is 1. The van der Waals surface area contributed by atoms with E-state index < -0.39 is 90.0 Å². The van der Waals surface area contributed by atoms with E-state index in [4.69, 9.17) is 4.74 Å². The second kappa shape index (κ2) is 11.3. The molecule has 4 rings (SSSR count). The highest BCUT2D eigenvalue weighted by Gasteiger charge is 2.44. The number of aryl methyl sites for hydroxylation is 1. The summed E-state index contributed by atoms with van der Waals surface area (Å²) >= 11 is 0. The predicted octanol–water partition coefficient (Wildman–Crippen LogP) is 2.51. The number of anilines is 1. The molecule has 2 N–H and O–H groups in total. The van der Waals surface area contributed by atoms with Crippen LogP contribution in [0.25, 0.3) is 0 Å². The van der Waals surface area contributed by atoms with Gasteiger partial charge in [0.2, 0.25) is 17.6 Å². The molecule has 206 valence electrons. The fourth-order valence-electron chi connectivity index (χ4n) is 5.06. The van der Waals surface area contributed by atoms with Crippen molar-refractivity contribution in [1.29, 1.82) is 0 Å². The van der Waals surface area contributed by atoms with Crippen molar-refractivity contribution in [3.8, 4) is 5.75 Å². The molecule has 2 aromatic rings. The molecule has 2 aliphatic heterocycles. The summed E-state index contributed by atoms with van der Waals surface area (Å²) in [5.41, 5.74) is 2.11. The zero-order valence-corrected chi connectivity index (χ0v) is 20.8. The Balaban J connectivity index is 1.55. The summed E-state index contributed by atoms with van der Waals surface area (Å²) in [5, 5.41) is 11.9. The summed E-state index contributed by atoms with van der Waals surface area (Å²) < 4.78 is 46.1. The molecule has 3 atom stereocenters. The molecule has 2 amide bonds. The number of rotatable bonds is 10. The van der Waals surface area contributed by atoms with Gasteiger partial charge in [-0.3, -0.25) is 28.9 Å². The SMILES string of the molecule is CC(=O)N[C@H]1CCc2cccc3c2N(C1=O)[C@H](C(=O)CC(CC(=O)O)C(=O)COc1c(F)ccc(F)c1F)C3. The highest BCUT2D eigenvalue weighted by atomic mass is 19.2. The third-order valence-electron chi connectivity index (χ3n) is 6.84. The lowest BCUT2D eigenvalue weighted by atomic mass is 9.90. The molecule has 2 aromatic carbocycles. The van der Waals surface area contributed by atoms with E-state index in [1.807, 2.05) is 6.07 Å². The molecule has 12 heteroatoms. The third kappa shape index (κ3) is 5.79. The number of amides is 2. The molecule has 0 aromatic heterocycles. The van der Waals surface area contributed by atoms with Crippen LogP contribution >= 0.6 is 0 Å². The largest absolute Gasteiger partial charge is 0.481 e. The number of ketones is 2. The Bertz CT molecular complexity index is 1360. The summed E-state index contributed by atoms with van der Waals surface area (Å²) in [6.07, 6.45) is -0.454. The fourth-order valence-corrected chi connectivity index (χ4v) is 5.06. The zero-order chi connectivity index (χ0) is 28.4. The van der Waals surface area contributed by atoms with E-state index in [9.17, 15) is 42.3 Å². The van der Waals surface area contributed by atoms with Crippen molar-refractivity contribution in [3.05, 3.63) is 58.9 Å². The van der Waals surface area contributed by atoms with Crippen molar-refractivity contribution in [2.75, 3.05) is 11.5 Å². The molecule has 2 heterocycles. The van der Waals surface area contributed by atoms with Crippen LogP contribution in [0.1, 0.15) is 37.3 Å². The Morgan fingerprint density at radius 2 is 1.77 bits per heavy atom. The lowest BCUT2D eigenvalue weighted by Crippen LogP contribution is -2.52. The number of carbonyl (C=O) groups excluding carboxylic acids is 4. The van der Waals surface area contributed by atoms with E-state index in [0.717, 1.165) is 11.1 Å². The second-order valence-electron chi connectivity index (χ2n) is 9.54. The van der Waals surface area contributed by atoms with Crippen LogP contribution in [0.4, 0.5) is 18.9 Å². The second-order valence-corrected chi connectivity index (χ2v) is 9.54. The molecule has 0 saturated carbocycles. The minimum Gasteiger partial charge on any atom is -0.481 e. The van der Waals surface area contributed by atoms with Gasteiger partial charge in [0.1, 0.15) is 12.6 Å². The normalized spacial score (nSPS) is 18.7. The van der Waals surface area contributed by atoms with E-state index in [0.29, 0.717) is 30.7 Å². The highest BCUT2D eigenvalue weighted by molar-refractivity contribution is 6.08. The minimum absolute atomic E-state index is 0.130. The van der Waals surface area contributed by atoms with Crippen LogP contribution in [-0.4, -0.2) is 53.1 Å². The van der Waals surface area contributed by atoms with Gasteiger partial charge in [0, 0.05) is 25.7 Å². The van der Waals surface area contributed by atoms with Gasteiger partial charge in [-0.25, -0.2) is 8.78 Å². The number of carbonyl (C=O) groups is 5. The summed E-state index contributed by atoms with van der Waals surface area (Å²) in [4.78, 5) is 64.2. The molecule has 9 nitrogen and oxygen atoms in total. The van der Waals surface area contributed by atoms with Crippen LogP contribution in [0, 0.1) is 23.4 Å². The van der Waals surface area contributed by atoms with Crippen LogP contribution in [0.2, 0.25) is 0 Å². The van der Waals surface area contributed by atoms with Crippen LogP contribution in [-0.2, 0) is 36.8 Å². The number of carboxylic acids is 1. The monoisotopic (exact) mass is 546 g/mol. The average molecular weight is 546 g/mol. The standard InChI is InChI=1S/C27H25F3N2O7/c1-13(33)31-19-8-5-14-3-2-4-15-9-20(32(25(14)15)27(19)38)21(34)10-16(11-23(36)37)22(35)12-39-26-18(29)7-6-17(28)24(26)30/h2-4,6-7,16,19-20H,5,8-12H2,1H3,(H,31,33)(H,36,37)/t16?,19-,20-/m0/s1. The summed E-state index contributed by atoms with van der Waals surface area (Å²) in [7, 11) is 0. The quantitative estimate of drug-likeness (QED) is 0.438. The number of Topliss-reactive ketones (excluding diaryl/α,β-unsaturated/α-hetero) is 2. The minimum atomic E-state index is -1.65. The molecule has 0 aliphatic carbocycles. The van der Waals surface area contributed by atoms with E-state index in [-0.39, 0.29) is 6.42 Å². The number of hydrogen-bond donors (Lipinski definition) is 2. The Kier molecular flexibility index (Phi) is 8.03. The van der Waals surface area contributed by atoms with Gasteiger partial charge in [-0.2, -0.15) is 4.39 Å². The number of para-hydroxylation sites is 1. The average Bonchev–Trinajstić information content (AvgIpc) is 3.21. The van der Waals surface area contributed by atoms with Gasteiger partial charge in [-0.1, -0.05) is 18.2 Å². The first-order valence-electron chi connectivity index (χ1n) is 12.2. The van der Waals surface area contributed by atoms with E-state index in [2.05, 4.69) is 5.32 Å². The van der Waals surface area contributed by atoms with Crippen molar-refractivity contribution < 1.29 is 47.0 Å². The Morgan fingerprint density at radius 1 is 1.08 bits per heavy atom. The Hall–Kier alpha value is -4.22. The van der Waals surface area contributed by atoms with E-state index >= 15 is 0 Å². The van der Waals surface area contributed by atoms with Crippen molar-refractivity contribution in [1.82, 2.24) is 5.32 Å². The molecule has 0 bridgehead atoms. The van der Waals surface area contributed by atoms with Gasteiger partial charge in [0.25, 0.3) is 0 Å². The first kappa shape index (κ1) is 27.8. The van der Waals surface area contributed by atoms with Crippen LogP contribution < -0.4 is 15.0 Å². The molecular weight excluding hydrogens is 521 g/mol. The van der Waals surface area contributed by atoms with Gasteiger partial charge < -0.3 is 15.2 Å². The summed E-state index contributed by atoms with van der Waals surface area (Å²) in [6, 6.07) is 4.60. The number of halogens is 3.